The van der Waals surface area contributed by atoms with Crippen LogP contribution in [0.4, 0.5) is 0 Å². The number of thioether (sulfide) groups is 1. The fourth-order valence-corrected chi connectivity index (χ4v) is 4.33. The van der Waals surface area contributed by atoms with Crippen molar-refractivity contribution in [3.8, 4) is 17.2 Å². The molecule has 0 bridgehead atoms. The summed E-state index contributed by atoms with van der Waals surface area (Å²) >= 11 is 1.46. The van der Waals surface area contributed by atoms with E-state index in [0.717, 1.165) is 10.5 Å². The molecule has 1 fully saturated rings. The third kappa shape index (κ3) is 6.17. The standard InChI is InChI=1S/C24H29NO6S/c1-16-11-18(5-7-21(16)17(2)26)31-14-19-13-25(9-10-30-19)24(27)15-32-20-6-8-22(28-3)23(12-20)29-4/h5-8,11-12,19H,9-10,13-15H2,1-4H3. The van der Waals surface area contributed by atoms with Gasteiger partial charge in [-0.25, -0.2) is 0 Å². The third-order valence-corrected chi connectivity index (χ3v) is 6.20. The number of benzene rings is 2. The van der Waals surface area contributed by atoms with Gasteiger partial charge in [0.15, 0.2) is 17.3 Å². The highest BCUT2D eigenvalue weighted by molar-refractivity contribution is 8.00. The number of nitrogens with zero attached hydrogens (tertiary/aromatic N) is 1. The summed E-state index contributed by atoms with van der Waals surface area (Å²) in [5.74, 6) is 2.40. The fourth-order valence-electron chi connectivity index (χ4n) is 3.50. The van der Waals surface area contributed by atoms with E-state index < -0.39 is 0 Å². The van der Waals surface area contributed by atoms with Crippen LogP contribution in [0.5, 0.6) is 17.2 Å². The van der Waals surface area contributed by atoms with Crippen molar-refractivity contribution < 1.29 is 28.5 Å². The molecule has 1 saturated heterocycles. The molecule has 1 unspecified atom stereocenters. The summed E-state index contributed by atoms with van der Waals surface area (Å²) in [6, 6.07) is 11.0. The highest BCUT2D eigenvalue weighted by atomic mass is 32.2. The molecule has 1 aliphatic heterocycles. The number of Topliss-reactive ketones (excluding diaryl/α,β-unsaturated/α-hetero) is 1. The molecular weight excluding hydrogens is 430 g/mol. The van der Waals surface area contributed by atoms with Gasteiger partial charge in [-0.2, -0.15) is 0 Å². The van der Waals surface area contributed by atoms with E-state index in [2.05, 4.69) is 0 Å². The Bertz CT molecular complexity index is 964. The van der Waals surface area contributed by atoms with Crippen LogP contribution in [0.3, 0.4) is 0 Å². The molecule has 0 radical (unpaired) electrons. The SMILES string of the molecule is COc1ccc(SCC(=O)N2CCOC(COc3ccc(C(C)=O)c(C)c3)C2)cc1OC. The van der Waals surface area contributed by atoms with Crippen molar-refractivity contribution >= 4 is 23.5 Å². The number of amides is 1. The highest BCUT2D eigenvalue weighted by Crippen LogP contribution is 2.32. The first-order valence-electron chi connectivity index (χ1n) is 10.4. The second-order valence-electron chi connectivity index (χ2n) is 7.48. The molecule has 1 amide bonds. The van der Waals surface area contributed by atoms with Crippen LogP contribution < -0.4 is 14.2 Å². The summed E-state index contributed by atoms with van der Waals surface area (Å²) in [6.45, 7) is 5.30. The molecule has 8 heteroatoms. The van der Waals surface area contributed by atoms with Gasteiger partial charge in [-0.1, -0.05) is 0 Å². The smallest absolute Gasteiger partial charge is 0.233 e. The van der Waals surface area contributed by atoms with Gasteiger partial charge in [0.2, 0.25) is 5.91 Å². The number of hydrogen-bond donors (Lipinski definition) is 0. The maximum absolute atomic E-state index is 12.7. The molecule has 0 aromatic heterocycles. The average molecular weight is 460 g/mol. The predicted octanol–water partition coefficient (Wildman–Crippen LogP) is 3.61. The van der Waals surface area contributed by atoms with E-state index in [4.69, 9.17) is 18.9 Å². The molecule has 2 aromatic rings. The van der Waals surface area contributed by atoms with E-state index in [-0.39, 0.29) is 17.8 Å². The van der Waals surface area contributed by atoms with Crippen LogP contribution in [0.25, 0.3) is 0 Å². The van der Waals surface area contributed by atoms with Gasteiger partial charge < -0.3 is 23.8 Å². The van der Waals surface area contributed by atoms with Gasteiger partial charge in [0.25, 0.3) is 0 Å². The zero-order valence-corrected chi connectivity index (χ0v) is 19.7. The van der Waals surface area contributed by atoms with E-state index >= 15 is 0 Å². The lowest BCUT2D eigenvalue weighted by Gasteiger charge is -2.32. The van der Waals surface area contributed by atoms with Crippen LogP contribution in [0, 0.1) is 6.92 Å². The lowest BCUT2D eigenvalue weighted by molar-refractivity contribution is -0.137. The third-order valence-electron chi connectivity index (χ3n) is 5.22. The Morgan fingerprint density at radius 3 is 2.59 bits per heavy atom. The number of rotatable bonds is 9. The predicted molar refractivity (Wildman–Crippen MR) is 123 cm³/mol. The van der Waals surface area contributed by atoms with E-state index in [1.807, 2.05) is 36.1 Å². The van der Waals surface area contributed by atoms with E-state index in [9.17, 15) is 9.59 Å². The van der Waals surface area contributed by atoms with Crippen molar-refractivity contribution in [2.75, 3.05) is 46.3 Å². The van der Waals surface area contributed by atoms with Crippen LogP contribution in [-0.2, 0) is 9.53 Å². The largest absolute Gasteiger partial charge is 0.493 e. The number of ketones is 1. The van der Waals surface area contributed by atoms with Crippen LogP contribution in [-0.4, -0.2) is 69.0 Å². The summed E-state index contributed by atoms with van der Waals surface area (Å²) in [6.07, 6.45) is -0.202. The van der Waals surface area contributed by atoms with Crippen LogP contribution in [0.1, 0.15) is 22.8 Å². The fraction of sp³-hybridized carbons (Fsp3) is 0.417. The first kappa shape index (κ1) is 23.9. The van der Waals surface area contributed by atoms with Crippen molar-refractivity contribution in [2.45, 2.75) is 24.8 Å². The van der Waals surface area contributed by atoms with Gasteiger partial charge in [0.1, 0.15) is 18.5 Å². The van der Waals surface area contributed by atoms with Crippen molar-refractivity contribution in [1.29, 1.82) is 0 Å². The molecule has 0 spiro atoms. The van der Waals surface area contributed by atoms with E-state index in [1.165, 1.54) is 11.8 Å². The summed E-state index contributed by atoms with van der Waals surface area (Å²) in [7, 11) is 3.18. The van der Waals surface area contributed by atoms with Crippen LogP contribution in [0.2, 0.25) is 0 Å². The Hall–Kier alpha value is -2.71. The lowest BCUT2D eigenvalue weighted by Crippen LogP contribution is -2.48. The first-order valence-corrected chi connectivity index (χ1v) is 11.4. The monoisotopic (exact) mass is 459 g/mol. The minimum absolute atomic E-state index is 0.0322. The number of hydrogen-bond acceptors (Lipinski definition) is 7. The van der Waals surface area contributed by atoms with Gasteiger partial charge in [-0.15, -0.1) is 11.8 Å². The van der Waals surface area contributed by atoms with Crippen molar-refractivity contribution in [3.63, 3.8) is 0 Å². The van der Waals surface area contributed by atoms with Gasteiger partial charge in [0.05, 0.1) is 33.1 Å². The molecule has 1 atom stereocenters. The number of aryl methyl sites for hydroxylation is 1. The number of carbonyl (C=O) groups is 2. The zero-order valence-electron chi connectivity index (χ0n) is 18.9. The second-order valence-corrected chi connectivity index (χ2v) is 8.53. The molecule has 1 heterocycles. The lowest BCUT2D eigenvalue weighted by atomic mass is 10.1. The molecule has 0 saturated carbocycles. The number of carbonyl (C=O) groups excluding carboxylic acids is 2. The molecule has 3 rings (SSSR count). The van der Waals surface area contributed by atoms with Crippen LogP contribution >= 0.6 is 11.8 Å². The summed E-state index contributed by atoms with van der Waals surface area (Å²) in [4.78, 5) is 27.1. The maximum atomic E-state index is 12.7. The Kier molecular flexibility index (Phi) is 8.41. The van der Waals surface area contributed by atoms with Gasteiger partial charge in [-0.3, -0.25) is 9.59 Å². The van der Waals surface area contributed by atoms with Crippen molar-refractivity contribution in [2.24, 2.45) is 0 Å². The molecular formula is C24H29NO6S. The zero-order chi connectivity index (χ0) is 23.1. The van der Waals surface area contributed by atoms with Crippen molar-refractivity contribution in [3.05, 3.63) is 47.5 Å². The van der Waals surface area contributed by atoms with Crippen molar-refractivity contribution in [1.82, 2.24) is 4.90 Å². The first-order chi connectivity index (χ1) is 15.4. The summed E-state index contributed by atoms with van der Waals surface area (Å²) in [5, 5.41) is 0. The maximum Gasteiger partial charge on any atom is 0.233 e. The quantitative estimate of drug-likeness (QED) is 0.419. The second kappa shape index (κ2) is 11.2. The molecule has 0 N–H and O–H groups in total. The normalized spacial score (nSPS) is 15.9. The minimum Gasteiger partial charge on any atom is -0.493 e. The Labute approximate surface area is 193 Å². The number of morpholine rings is 1. The average Bonchev–Trinajstić information content (AvgIpc) is 2.80. The molecule has 7 nitrogen and oxygen atoms in total. The summed E-state index contributed by atoms with van der Waals surface area (Å²) in [5.41, 5.74) is 1.57. The van der Waals surface area contributed by atoms with E-state index in [1.54, 1.807) is 33.3 Å². The molecule has 0 aliphatic carbocycles. The highest BCUT2D eigenvalue weighted by Gasteiger charge is 2.25. The Morgan fingerprint density at radius 1 is 1.12 bits per heavy atom. The topological polar surface area (TPSA) is 74.3 Å². The number of ether oxygens (including phenoxy) is 4. The summed E-state index contributed by atoms with van der Waals surface area (Å²) < 4.78 is 22.2. The van der Waals surface area contributed by atoms with Crippen LogP contribution in [0.15, 0.2) is 41.3 Å². The molecule has 172 valence electrons. The van der Waals surface area contributed by atoms with E-state index in [0.29, 0.717) is 54.9 Å². The van der Waals surface area contributed by atoms with Gasteiger partial charge >= 0.3 is 0 Å². The molecule has 1 aliphatic rings. The number of methoxy groups -OCH3 is 2. The minimum atomic E-state index is -0.202. The Morgan fingerprint density at radius 2 is 1.91 bits per heavy atom. The molecule has 32 heavy (non-hydrogen) atoms. The van der Waals surface area contributed by atoms with Gasteiger partial charge in [-0.05, 0) is 55.8 Å². The van der Waals surface area contributed by atoms with Gasteiger partial charge in [0, 0.05) is 17.0 Å². The molecule has 2 aromatic carbocycles. The Balaban J connectivity index is 1.50.